The van der Waals surface area contributed by atoms with Crippen molar-refractivity contribution in [1.29, 1.82) is 0 Å². The highest BCUT2D eigenvalue weighted by atomic mass is 16.2. The van der Waals surface area contributed by atoms with Gasteiger partial charge in [0.2, 0.25) is 5.91 Å². The fourth-order valence-corrected chi connectivity index (χ4v) is 2.51. The lowest BCUT2D eigenvalue weighted by molar-refractivity contribution is -0.134. The second-order valence-electron chi connectivity index (χ2n) is 4.97. The fraction of sp³-hybridized carbons (Fsp3) is 0.533. The molecule has 1 aliphatic heterocycles. The summed E-state index contributed by atoms with van der Waals surface area (Å²) in [6.07, 6.45) is 4.27. The Kier molecular flexibility index (Phi) is 4.66. The van der Waals surface area contributed by atoms with E-state index in [1.54, 1.807) is 6.20 Å². The average Bonchev–Trinajstić information content (AvgIpc) is 2.47. The largest absolute Gasteiger partial charge is 0.342 e. The molecule has 1 aromatic rings. The average molecular weight is 260 g/mol. The van der Waals surface area contributed by atoms with Crippen LogP contribution in [0.2, 0.25) is 0 Å². The van der Waals surface area contributed by atoms with Gasteiger partial charge >= 0.3 is 0 Å². The van der Waals surface area contributed by atoms with Crippen molar-refractivity contribution >= 4 is 11.7 Å². The topological polar surface area (TPSA) is 50.3 Å². The second-order valence-corrected chi connectivity index (χ2v) is 4.97. The maximum absolute atomic E-state index is 12.1. The lowest BCUT2D eigenvalue weighted by atomic mass is 9.91. The highest BCUT2D eigenvalue weighted by Crippen LogP contribution is 2.19. The van der Waals surface area contributed by atoms with Gasteiger partial charge in [0.15, 0.2) is 0 Å². The number of rotatable bonds is 4. The SMILES string of the molecule is CCC(=O)C1CCN(C(=O)Cc2ccccn2)CC1. The number of amides is 1. The van der Waals surface area contributed by atoms with E-state index < -0.39 is 0 Å². The molecular formula is C15H20N2O2. The van der Waals surface area contributed by atoms with Crippen LogP contribution in [0.1, 0.15) is 31.9 Å². The Balaban J connectivity index is 1.84. The number of Topliss-reactive ketones (excluding diaryl/α,β-unsaturated/α-hetero) is 1. The zero-order chi connectivity index (χ0) is 13.7. The van der Waals surface area contributed by atoms with Crippen LogP contribution in [0.25, 0.3) is 0 Å². The summed E-state index contributed by atoms with van der Waals surface area (Å²) in [5.74, 6) is 0.599. The lowest BCUT2D eigenvalue weighted by Crippen LogP contribution is -2.41. The number of nitrogens with zero attached hydrogens (tertiary/aromatic N) is 2. The summed E-state index contributed by atoms with van der Waals surface area (Å²) < 4.78 is 0. The minimum atomic E-state index is 0.112. The first-order valence-corrected chi connectivity index (χ1v) is 6.91. The molecule has 102 valence electrons. The Morgan fingerprint density at radius 3 is 2.63 bits per heavy atom. The third-order valence-corrected chi connectivity index (χ3v) is 3.71. The van der Waals surface area contributed by atoms with Gasteiger partial charge in [-0.1, -0.05) is 13.0 Å². The number of hydrogen-bond acceptors (Lipinski definition) is 3. The molecule has 0 aromatic carbocycles. The first-order valence-electron chi connectivity index (χ1n) is 6.91. The van der Waals surface area contributed by atoms with E-state index in [-0.39, 0.29) is 11.8 Å². The first-order chi connectivity index (χ1) is 9.20. The molecule has 2 rings (SSSR count). The summed E-state index contributed by atoms with van der Waals surface area (Å²) >= 11 is 0. The molecule has 0 aliphatic carbocycles. The molecule has 1 aromatic heterocycles. The van der Waals surface area contributed by atoms with E-state index in [1.807, 2.05) is 30.0 Å². The molecule has 1 aliphatic rings. The number of hydrogen-bond donors (Lipinski definition) is 0. The van der Waals surface area contributed by atoms with Gasteiger partial charge in [-0.25, -0.2) is 0 Å². The summed E-state index contributed by atoms with van der Waals surface area (Å²) in [4.78, 5) is 29.8. The van der Waals surface area contributed by atoms with Crippen molar-refractivity contribution in [3.63, 3.8) is 0 Å². The Labute approximate surface area is 113 Å². The predicted molar refractivity (Wildman–Crippen MR) is 72.5 cm³/mol. The molecule has 19 heavy (non-hydrogen) atoms. The Morgan fingerprint density at radius 1 is 1.32 bits per heavy atom. The van der Waals surface area contributed by atoms with Crippen molar-refractivity contribution in [1.82, 2.24) is 9.88 Å². The molecule has 0 unspecified atom stereocenters. The van der Waals surface area contributed by atoms with Crippen molar-refractivity contribution < 1.29 is 9.59 Å². The number of pyridine rings is 1. The van der Waals surface area contributed by atoms with Crippen molar-refractivity contribution in [3.8, 4) is 0 Å². The van der Waals surface area contributed by atoms with Crippen LogP contribution < -0.4 is 0 Å². The van der Waals surface area contributed by atoms with Gasteiger partial charge in [-0.05, 0) is 25.0 Å². The molecule has 0 saturated carbocycles. The number of likely N-dealkylation sites (tertiary alicyclic amines) is 1. The van der Waals surface area contributed by atoms with Crippen LogP contribution in [0.5, 0.6) is 0 Å². The summed E-state index contributed by atoms with van der Waals surface area (Å²) in [6.45, 7) is 3.30. The van der Waals surface area contributed by atoms with Crippen LogP contribution in [0.4, 0.5) is 0 Å². The Hall–Kier alpha value is -1.71. The molecule has 0 radical (unpaired) electrons. The van der Waals surface area contributed by atoms with Gasteiger partial charge in [0.1, 0.15) is 5.78 Å². The van der Waals surface area contributed by atoms with E-state index in [4.69, 9.17) is 0 Å². The quantitative estimate of drug-likeness (QED) is 0.830. The van der Waals surface area contributed by atoms with Gasteiger partial charge in [0.25, 0.3) is 0 Å². The van der Waals surface area contributed by atoms with E-state index in [0.29, 0.717) is 31.7 Å². The van der Waals surface area contributed by atoms with Crippen LogP contribution in [0, 0.1) is 5.92 Å². The lowest BCUT2D eigenvalue weighted by Gasteiger charge is -2.31. The molecule has 1 amide bonds. The number of carbonyl (C=O) groups excluding carboxylic acids is 2. The van der Waals surface area contributed by atoms with Gasteiger partial charge in [0, 0.05) is 37.3 Å². The highest BCUT2D eigenvalue weighted by molar-refractivity contribution is 5.82. The van der Waals surface area contributed by atoms with Gasteiger partial charge in [0.05, 0.1) is 6.42 Å². The maximum atomic E-state index is 12.1. The molecule has 1 fully saturated rings. The Morgan fingerprint density at radius 2 is 2.05 bits per heavy atom. The van der Waals surface area contributed by atoms with Gasteiger partial charge in [-0.15, -0.1) is 0 Å². The summed E-state index contributed by atoms with van der Waals surface area (Å²) in [6, 6.07) is 5.60. The summed E-state index contributed by atoms with van der Waals surface area (Å²) in [7, 11) is 0. The standard InChI is InChI=1S/C15H20N2O2/c1-2-14(18)12-6-9-17(10-7-12)15(19)11-13-5-3-4-8-16-13/h3-5,8,12H,2,6-7,9-11H2,1H3. The van der Waals surface area contributed by atoms with Crippen LogP contribution >= 0.6 is 0 Å². The molecular weight excluding hydrogens is 240 g/mol. The number of aromatic nitrogens is 1. The third-order valence-electron chi connectivity index (χ3n) is 3.71. The molecule has 0 bridgehead atoms. The molecule has 2 heterocycles. The number of piperidine rings is 1. The molecule has 4 heteroatoms. The van der Waals surface area contributed by atoms with Crippen molar-refractivity contribution in [2.45, 2.75) is 32.6 Å². The van der Waals surface area contributed by atoms with Crippen molar-refractivity contribution in [3.05, 3.63) is 30.1 Å². The first kappa shape index (κ1) is 13.7. The van der Waals surface area contributed by atoms with Crippen molar-refractivity contribution in [2.75, 3.05) is 13.1 Å². The van der Waals surface area contributed by atoms with Gasteiger partial charge in [-0.3, -0.25) is 14.6 Å². The van der Waals surface area contributed by atoms with E-state index >= 15 is 0 Å². The van der Waals surface area contributed by atoms with Crippen molar-refractivity contribution in [2.24, 2.45) is 5.92 Å². The minimum absolute atomic E-state index is 0.112. The predicted octanol–water partition coefficient (Wildman–Crippen LogP) is 1.84. The van der Waals surface area contributed by atoms with Gasteiger partial charge in [-0.2, -0.15) is 0 Å². The zero-order valence-electron chi connectivity index (χ0n) is 11.3. The van der Waals surface area contributed by atoms with E-state index in [0.717, 1.165) is 18.5 Å². The highest BCUT2D eigenvalue weighted by Gasteiger charge is 2.26. The molecule has 0 N–H and O–H groups in total. The summed E-state index contributed by atoms with van der Waals surface area (Å²) in [5, 5.41) is 0. The smallest absolute Gasteiger partial charge is 0.228 e. The van der Waals surface area contributed by atoms with Crippen LogP contribution in [-0.4, -0.2) is 34.7 Å². The molecule has 0 atom stereocenters. The van der Waals surface area contributed by atoms with Crippen LogP contribution in [0.3, 0.4) is 0 Å². The summed E-state index contributed by atoms with van der Waals surface area (Å²) in [5.41, 5.74) is 0.805. The molecule has 1 saturated heterocycles. The maximum Gasteiger partial charge on any atom is 0.228 e. The van der Waals surface area contributed by atoms with Crippen LogP contribution in [0.15, 0.2) is 24.4 Å². The second kappa shape index (κ2) is 6.45. The third kappa shape index (κ3) is 3.63. The number of carbonyl (C=O) groups is 2. The zero-order valence-corrected chi connectivity index (χ0v) is 11.3. The minimum Gasteiger partial charge on any atom is -0.342 e. The normalized spacial score (nSPS) is 16.4. The molecule has 4 nitrogen and oxygen atoms in total. The van der Waals surface area contributed by atoms with E-state index in [2.05, 4.69) is 4.98 Å². The van der Waals surface area contributed by atoms with Gasteiger partial charge < -0.3 is 4.90 Å². The fourth-order valence-electron chi connectivity index (χ4n) is 2.51. The monoisotopic (exact) mass is 260 g/mol. The number of ketones is 1. The van der Waals surface area contributed by atoms with E-state index in [1.165, 1.54) is 0 Å². The molecule has 0 spiro atoms. The van der Waals surface area contributed by atoms with Crippen LogP contribution in [-0.2, 0) is 16.0 Å². The van der Waals surface area contributed by atoms with E-state index in [9.17, 15) is 9.59 Å². The Bertz CT molecular complexity index is 437.